The van der Waals surface area contributed by atoms with E-state index in [0.717, 1.165) is 38.8 Å². The van der Waals surface area contributed by atoms with Crippen molar-refractivity contribution in [2.45, 2.75) is 13.0 Å². The van der Waals surface area contributed by atoms with Crippen LogP contribution in [0.1, 0.15) is 11.1 Å². The number of hydrogen-bond donors (Lipinski definition) is 3. The maximum absolute atomic E-state index is 15.0. The highest BCUT2D eigenvalue weighted by atomic mass is 32.1. The zero-order valence-electron chi connectivity index (χ0n) is 23.2. The van der Waals surface area contributed by atoms with Gasteiger partial charge in [-0.2, -0.15) is 0 Å². The summed E-state index contributed by atoms with van der Waals surface area (Å²) >= 11 is 1.50. The number of nitrogens with one attached hydrogen (secondary N) is 3. The third-order valence-electron chi connectivity index (χ3n) is 6.34. The van der Waals surface area contributed by atoms with Gasteiger partial charge in [0.2, 0.25) is 5.91 Å². The first-order valence-corrected chi connectivity index (χ1v) is 14.2. The van der Waals surface area contributed by atoms with Gasteiger partial charge in [0.25, 0.3) is 0 Å². The van der Waals surface area contributed by atoms with E-state index < -0.39 is 23.6 Å². The highest BCUT2D eigenvalue weighted by Crippen LogP contribution is 2.40. The van der Waals surface area contributed by atoms with Gasteiger partial charge in [-0.1, -0.05) is 30.3 Å². The Morgan fingerprint density at radius 1 is 0.930 bits per heavy atom. The van der Waals surface area contributed by atoms with E-state index in [2.05, 4.69) is 33.1 Å². The number of carbonyl (C=O) groups excluding carboxylic acids is 2. The van der Waals surface area contributed by atoms with Gasteiger partial charge in [0, 0.05) is 49.1 Å². The van der Waals surface area contributed by atoms with E-state index >= 15 is 4.39 Å². The molecule has 0 bridgehead atoms. The maximum atomic E-state index is 15.0. The number of fused-ring (bicyclic) bond motifs is 1. The number of rotatable bonds is 11. The highest BCUT2D eigenvalue weighted by Gasteiger charge is 2.15. The Hall–Kier alpha value is -4.71. The number of halogens is 2. The number of ether oxygens (including phenoxy) is 2. The Labute approximate surface area is 250 Å². The molecular weight excluding hydrogens is 574 g/mol. The van der Waals surface area contributed by atoms with E-state index in [1.54, 1.807) is 19.4 Å². The minimum atomic E-state index is -0.822. The third kappa shape index (κ3) is 7.98. The van der Waals surface area contributed by atoms with Gasteiger partial charge in [-0.15, -0.1) is 11.3 Å². The number of benzene rings is 3. The second kappa shape index (κ2) is 14.0. The molecule has 8 nitrogen and oxygen atoms in total. The van der Waals surface area contributed by atoms with Gasteiger partial charge in [0.05, 0.1) is 23.2 Å². The summed E-state index contributed by atoms with van der Waals surface area (Å²) in [6, 6.07) is 20.4. The fraction of sp³-hybridized carbons (Fsp3) is 0.156. The number of thiophene rings is 1. The molecule has 0 atom stereocenters. The van der Waals surface area contributed by atoms with Crippen molar-refractivity contribution in [1.82, 2.24) is 15.6 Å². The summed E-state index contributed by atoms with van der Waals surface area (Å²) in [4.78, 5) is 29.8. The van der Waals surface area contributed by atoms with Gasteiger partial charge in [0.15, 0.2) is 11.6 Å². The van der Waals surface area contributed by atoms with Gasteiger partial charge in [0.1, 0.15) is 11.6 Å². The lowest BCUT2D eigenvalue weighted by Crippen LogP contribution is -2.35. The van der Waals surface area contributed by atoms with Crippen molar-refractivity contribution >= 4 is 39.2 Å². The number of amides is 3. The molecular formula is C32H28F2N4O4S. The van der Waals surface area contributed by atoms with Gasteiger partial charge in [-0.3, -0.25) is 15.1 Å². The fourth-order valence-electron chi connectivity index (χ4n) is 4.28. The second-order valence-electron chi connectivity index (χ2n) is 9.56. The number of urea groups is 1. The minimum absolute atomic E-state index is 0.0371. The lowest BCUT2D eigenvalue weighted by atomic mass is 10.1. The van der Waals surface area contributed by atoms with E-state index in [4.69, 9.17) is 9.47 Å². The first-order valence-electron chi connectivity index (χ1n) is 13.4. The van der Waals surface area contributed by atoms with Crippen LogP contribution in [0.15, 0.2) is 85.1 Å². The molecule has 2 heterocycles. The number of imide groups is 1. The molecule has 0 aliphatic heterocycles. The van der Waals surface area contributed by atoms with Gasteiger partial charge in [-0.25, -0.2) is 13.6 Å². The molecule has 0 saturated heterocycles. The zero-order valence-corrected chi connectivity index (χ0v) is 24.0. The summed E-state index contributed by atoms with van der Waals surface area (Å²) in [7, 11) is 1.67. The van der Waals surface area contributed by atoms with Crippen LogP contribution in [-0.4, -0.2) is 37.2 Å². The SMILES string of the molecule is COCCNCc1cccc(-c2cc3nccc(Oc4ccc(NC(=O)NC(=O)Cc5ccc(F)cc5)cc4F)c3s2)c1. The Morgan fingerprint density at radius 3 is 2.56 bits per heavy atom. The molecule has 11 heteroatoms. The average Bonchev–Trinajstić information content (AvgIpc) is 3.44. The minimum Gasteiger partial charge on any atom is -0.453 e. The Balaban J connectivity index is 1.24. The van der Waals surface area contributed by atoms with Crippen LogP contribution in [0.5, 0.6) is 11.5 Å². The van der Waals surface area contributed by atoms with Gasteiger partial charge < -0.3 is 20.1 Å². The normalized spacial score (nSPS) is 11.0. The van der Waals surface area contributed by atoms with Crippen LogP contribution < -0.4 is 20.7 Å². The van der Waals surface area contributed by atoms with E-state index in [1.807, 2.05) is 18.2 Å². The molecule has 0 saturated carbocycles. The highest BCUT2D eigenvalue weighted by molar-refractivity contribution is 7.22. The third-order valence-corrected chi connectivity index (χ3v) is 7.53. The zero-order chi connectivity index (χ0) is 30.2. The van der Waals surface area contributed by atoms with Crippen molar-refractivity contribution in [3.8, 4) is 21.9 Å². The predicted molar refractivity (Wildman–Crippen MR) is 162 cm³/mol. The predicted octanol–water partition coefficient (Wildman–Crippen LogP) is 6.66. The van der Waals surface area contributed by atoms with Gasteiger partial charge in [-0.05, 0) is 53.1 Å². The molecule has 5 aromatic rings. The van der Waals surface area contributed by atoms with Crippen LogP contribution in [0.3, 0.4) is 0 Å². The quantitative estimate of drug-likeness (QED) is 0.146. The van der Waals surface area contributed by atoms with Crippen LogP contribution in [-0.2, 0) is 22.5 Å². The number of methoxy groups -OCH3 is 1. The lowest BCUT2D eigenvalue weighted by molar-refractivity contribution is -0.119. The largest absolute Gasteiger partial charge is 0.453 e. The van der Waals surface area contributed by atoms with Crippen molar-refractivity contribution in [1.29, 1.82) is 0 Å². The van der Waals surface area contributed by atoms with Crippen molar-refractivity contribution in [3.63, 3.8) is 0 Å². The number of aromatic nitrogens is 1. The monoisotopic (exact) mass is 602 g/mol. The van der Waals surface area contributed by atoms with Crippen LogP contribution >= 0.6 is 11.3 Å². The molecule has 2 aromatic heterocycles. The standard InChI is InChI=1S/C32H28F2N4O4S/c1-41-14-13-35-19-21-3-2-4-22(15-21)29-18-26-31(43-29)28(11-12-36-26)42-27-10-9-24(17-25(27)34)37-32(40)38-30(39)16-20-5-7-23(33)8-6-20/h2-12,15,17-18,35H,13-14,16,19H2,1H3,(H2,37,38,39,40). The van der Waals surface area contributed by atoms with E-state index in [9.17, 15) is 14.0 Å². The molecule has 0 aliphatic rings. The maximum Gasteiger partial charge on any atom is 0.325 e. The molecule has 0 spiro atoms. The number of pyridine rings is 1. The number of anilines is 1. The van der Waals surface area contributed by atoms with Crippen LogP contribution in [0.25, 0.3) is 20.7 Å². The molecule has 3 N–H and O–H groups in total. The smallest absolute Gasteiger partial charge is 0.325 e. The molecule has 220 valence electrons. The number of carbonyl (C=O) groups is 2. The molecule has 0 aliphatic carbocycles. The van der Waals surface area contributed by atoms with E-state index in [-0.39, 0.29) is 17.9 Å². The number of hydrogen-bond acceptors (Lipinski definition) is 7. The summed E-state index contributed by atoms with van der Waals surface area (Å²) in [6.45, 7) is 2.11. The van der Waals surface area contributed by atoms with Crippen LogP contribution in [0.4, 0.5) is 19.3 Å². The summed E-state index contributed by atoms with van der Waals surface area (Å²) in [5, 5.41) is 7.94. The van der Waals surface area contributed by atoms with Gasteiger partial charge >= 0.3 is 6.03 Å². The first-order chi connectivity index (χ1) is 20.9. The summed E-state index contributed by atoms with van der Waals surface area (Å²) in [5.74, 6) is -1.31. The van der Waals surface area contributed by atoms with Crippen molar-refractivity contribution in [2.24, 2.45) is 0 Å². The molecule has 0 radical (unpaired) electrons. The molecule has 0 fully saturated rings. The second-order valence-corrected chi connectivity index (χ2v) is 10.6. The average molecular weight is 603 g/mol. The topological polar surface area (TPSA) is 102 Å². The fourth-order valence-corrected chi connectivity index (χ4v) is 5.34. The molecule has 0 unspecified atom stereocenters. The molecule has 3 aromatic carbocycles. The number of nitrogens with zero attached hydrogens (tertiary/aromatic N) is 1. The molecule has 5 rings (SSSR count). The van der Waals surface area contributed by atoms with Crippen molar-refractivity contribution in [2.75, 3.05) is 25.6 Å². The summed E-state index contributed by atoms with van der Waals surface area (Å²) < 4.78 is 39.8. The Morgan fingerprint density at radius 2 is 1.77 bits per heavy atom. The van der Waals surface area contributed by atoms with Crippen molar-refractivity contribution in [3.05, 3.63) is 108 Å². The summed E-state index contributed by atoms with van der Waals surface area (Å²) in [5.41, 5.74) is 3.57. The first kappa shape index (κ1) is 29.8. The summed E-state index contributed by atoms with van der Waals surface area (Å²) in [6.07, 6.45) is 1.49. The van der Waals surface area contributed by atoms with Crippen LogP contribution in [0, 0.1) is 11.6 Å². The lowest BCUT2D eigenvalue weighted by Gasteiger charge is -2.10. The van der Waals surface area contributed by atoms with E-state index in [0.29, 0.717) is 24.5 Å². The van der Waals surface area contributed by atoms with Crippen LogP contribution in [0.2, 0.25) is 0 Å². The van der Waals surface area contributed by atoms with E-state index in [1.165, 1.54) is 47.7 Å². The Bertz CT molecular complexity index is 1740. The molecule has 3 amide bonds. The van der Waals surface area contributed by atoms with Crippen molar-refractivity contribution < 1.29 is 27.8 Å². The molecule has 43 heavy (non-hydrogen) atoms. The Kier molecular flexibility index (Phi) is 9.67.